The molecule has 0 radical (unpaired) electrons. The number of carbonyl (C=O) groups excluding carboxylic acids is 2. The van der Waals surface area contributed by atoms with Gasteiger partial charge in [0.2, 0.25) is 11.8 Å². The highest BCUT2D eigenvalue weighted by molar-refractivity contribution is 5.96. The van der Waals surface area contributed by atoms with Crippen LogP contribution in [0.4, 0.5) is 10.1 Å². The number of nitrogens with zero attached hydrogens (tertiary/aromatic N) is 1. The Balaban J connectivity index is 1.58. The fraction of sp³-hybridized carbons (Fsp3) is 0.333. The van der Waals surface area contributed by atoms with Crippen molar-refractivity contribution >= 4 is 17.5 Å². The molecule has 2 aromatic rings. The van der Waals surface area contributed by atoms with Crippen molar-refractivity contribution in [3.8, 4) is 0 Å². The standard InChI is InChI=1S/C21H23FN2O2/c1-13-7-6-8-14(2)20(13)23-19(25)12-24(3)21(26)17-11-16(17)15-9-4-5-10-18(15)22/h4-10,16-17H,11-12H2,1-3H3,(H,23,25). The summed E-state index contributed by atoms with van der Waals surface area (Å²) in [6.07, 6.45) is 0.628. The SMILES string of the molecule is Cc1cccc(C)c1NC(=O)CN(C)C(=O)C1CC1c1ccccc1F. The lowest BCUT2D eigenvalue weighted by atomic mass is 10.1. The van der Waals surface area contributed by atoms with Crippen LogP contribution < -0.4 is 5.32 Å². The number of hydrogen-bond acceptors (Lipinski definition) is 2. The summed E-state index contributed by atoms with van der Waals surface area (Å²) in [5.41, 5.74) is 3.33. The monoisotopic (exact) mass is 354 g/mol. The van der Waals surface area contributed by atoms with Crippen LogP contribution >= 0.6 is 0 Å². The van der Waals surface area contributed by atoms with E-state index in [1.807, 2.05) is 32.0 Å². The molecule has 0 heterocycles. The van der Waals surface area contributed by atoms with E-state index < -0.39 is 0 Å². The number of rotatable bonds is 5. The zero-order valence-electron chi connectivity index (χ0n) is 15.3. The molecule has 0 bridgehead atoms. The summed E-state index contributed by atoms with van der Waals surface area (Å²) >= 11 is 0. The van der Waals surface area contributed by atoms with E-state index in [-0.39, 0.29) is 36.0 Å². The third kappa shape index (κ3) is 3.77. The summed E-state index contributed by atoms with van der Waals surface area (Å²) in [5, 5.41) is 2.88. The fourth-order valence-electron chi connectivity index (χ4n) is 3.35. The molecule has 3 rings (SSSR count). The van der Waals surface area contributed by atoms with E-state index in [2.05, 4.69) is 5.32 Å². The second kappa shape index (κ2) is 7.28. The normalized spacial score (nSPS) is 18.3. The highest BCUT2D eigenvalue weighted by atomic mass is 19.1. The first-order valence-corrected chi connectivity index (χ1v) is 8.74. The number of nitrogens with one attached hydrogen (secondary N) is 1. The molecule has 2 amide bonds. The van der Waals surface area contributed by atoms with Crippen molar-refractivity contribution in [1.82, 2.24) is 4.90 Å². The quantitative estimate of drug-likeness (QED) is 0.891. The number of benzene rings is 2. The summed E-state index contributed by atoms with van der Waals surface area (Å²) in [5.74, 6) is -0.961. The van der Waals surface area contributed by atoms with Crippen molar-refractivity contribution in [3.05, 3.63) is 65.0 Å². The smallest absolute Gasteiger partial charge is 0.243 e. The Labute approximate surface area is 153 Å². The molecule has 26 heavy (non-hydrogen) atoms. The maximum absolute atomic E-state index is 13.9. The van der Waals surface area contributed by atoms with Crippen molar-refractivity contribution in [2.45, 2.75) is 26.2 Å². The van der Waals surface area contributed by atoms with Crippen LogP contribution in [-0.2, 0) is 9.59 Å². The molecule has 0 aromatic heterocycles. The van der Waals surface area contributed by atoms with E-state index in [0.717, 1.165) is 16.8 Å². The van der Waals surface area contributed by atoms with Gasteiger partial charge < -0.3 is 10.2 Å². The first-order valence-electron chi connectivity index (χ1n) is 8.74. The van der Waals surface area contributed by atoms with Gasteiger partial charge in [0.25, 0.3) is 0 Å². The van der Waals surface area contributed by atoms with Crippen molar-refractivity contribution in [2.24, 2.45) is 5.92 Å². The number of amides is 2. The summed E-state index contributed by atoms with van der Waals surface area (Å²) < 4.78 is 13.9. The number of anilines is 1. The van der Waals surface area contributed by atoms with Crippen molar-refractivity contribution in [1.29, 1.82) is 0 Å². The summed E-state index contributed by atoms with van der Waals surface area (Å²) in [4.78, 5) is 26.3. The lowest BCUT2D eigenvalue weighted by molar-refractivity contribution is -0.134. The third-order valence-corrected chi connectivity index (χ3v) is 4.91. The Kier molecular flexibility index (Phi) is 5.07. The number of halogens is 1. The minimum atomic E-state index is -0.275. The van der Waals surface area contributed by atoms with Gasteiger partial charge in [-0.1, -0.05) is 36.4 Å². The van der Waals surface area contributed by atoms with Crippen LogP contribution in [0, 0.1) is 25.6 Å². The summed E-state index contributed by atoms with van der Waals surface area (Å²) in [6, 6.07) is 12.4. The topological polar surface area (TPSA) is 49.4 Å². The van der Waals surface area contributed by atoms with Gasteiger partial charge in [-0.25, -0.2) is 4.39 Å². The Morgan fingerprint density at radius 2 is 1.77 bits per heavy atom. The number of likely N-dealkylation sites (N-methyl/N-ethyl adjacent to an activating group) is 1. The maximum Gasteiger partial charge on any atom is 0.243 e. The van der Waals surface area contributed by atoms with Crippen molar-refractivity contribution in [2.75, 3.05) is 18.9 Å². The second-order valence-electron chi connectivity index (χ2n) is 6.98. The third-order valence-electron chi connectivity index (χ3n) is 4.91. The van der Waals surface area contributed by atoms with Gasteiger partial charge in [-0.05, 0) is 48.9 Å². The Morgan fingerprint density at radius 3 is 2.42 bits per heavy atom. The molecule has 1 fully saturated rings. The molecule has 0 aliphatic heterocycles. The van der Waals surface area contributed by atoms with Crippen LogP contribution in [0.2, 0.25) is 0 Å². The average molecular weight is 354 g/mol. The van der Waals surface area contributed by atoms with E-state index in [0.29, 0.717) is 12.0 Å². The molecule has 5 heteroatoms. The fourth-order valence-corrected chi connectivity index (χ4v) is 3.35. The summed E-state index contributed by atoms with van der Waals surface area (Å²) in [6.45, 7) is 3.84. The lowest BCUT2D eigenvalue weighted by Gasteiger charge is -2.18. The van der Waals surface area contributed by atoms with E-state index in [1.54, 1.807) is 25.2 Å². The Bertz CT molecular complexity index is 829. The molecule has 2 aromatic carbocycles. The highest BCUT2D eigenvalue weighted by Crippen LogP contribution is 2.49. The predicted molar refractivity (Wildman–Crippen MR) is 99.4 cm³/mol. The van der Waals surface area contributed by atoms with Gasteiger partial charge in [0.15, 0.2) is 0 Å². The number of aryl methyl sites for hydroxylation is 2. The molecule has 2 unspecified atom stereocenters. The first-order chi connectivity index (χ1) is 12.4. The first kappa shape index (κ1) is 18.1. The van der Waals surface area contributed by atoms with Crippen molar-refractivity contribution in [3.63, 3.8) is 0 Å². The molecule has 1 aliphatic carbocycles. The lowest BCUT2D eigenvalue weighted by Crippen LogP contribution is -2.36. The number of hydrogen-bond donors (Lipinski definition) is 1. The van der Waals surface area contributed by atoms with E-state index in [9.17, 15) is 14.0 Å². The average Bonchev–Trinajstić information content (AvgIpc) is 3.38. The number of para-hydroxylation sites is 1. The van der Waals surface area contributed by atoms with Gasteiger partial charge in [-0.2, -0.15) is 0 Å². The largest absolute Gasteiger partial charge is 0.336 e. The van der Waals surface area contributed by atoms with Gasteiger partial charge in [0.1, 0.15) is 5.82 Å². The minimum Gasteiger partial charge on any atom is -0.336 e. The van der Waals surface area contributed by atoms with Crippen LogP contribution in [0.1, 0.15) is 29.0 Å². The molecule has 0 spiro atoms. The molecule has 1 saturated carbocycles. The van der Waals surface area contributed by atoms with E-state index in [4.69, 9.17) is 0 Å². The van der Waals surface area contributed by atoms with Crippen molar-refractivity contribution < 1.29 is 14.0 Å². The maximum atomic E-state index is 13.9. The zero-order valence-corrected chi connectivity index (χ0v) is 15.3. The van der Waals surface area contributed by atoms with Crippen LogP contribution in [0.3, 0.4) is 0 Å². The van der Waals surface area contributed by atoms with Gasteiger partial charge in [0, 0.05) is 18.7 Å². The Morgan fingerprint density at radius 1 is 1.12 bits per heavy atom. The Hall–Kier alpha value is -2.69. The van der Waals surface area contributed by atoms with Gasteiger partial charge in [-0.3, -0.25) is 9.59 Å². The molecule has 0 saturated heterocycles. The number of carbonyl (C=O) groups is 2. The van der Waals surface area contributed by atoms with Crippen LogP contribution in [0.15, 0.2) is 42.5 Å². The molecular weight excluding hydrogens is 331 g/mol. The van der Waals surface area contributed by atoms with Crippen LogP contribution in [0.25, 0.3) is 0 Å². The van der Waals surface area contributed by atoms with Gasteiger partial charge in [0.05, 0.1) is 6.54 Å². The van der Waals surface area contributed by atoms with Gasteiger partial charge in [-0.15, -0.1) is 0 Å². The molecule has 136 valence electrons. The van der Waals surface area contributed by atoms with Crippen LogP contribution in [0.5, 0.6) is 0 Å². The molecule has 4 nitrogen and oxygen atoms in total. The molecule has 1 aliphatic rings. The summed E-state index contributed by atoms with van der Waals surface area (Å²) in [7, 11) is 1.61. The molecule has 1 N–H and O–H groups in total. The second-order valence-corrected chi connectivity index (χ2v) is 6.98. The molecule has 2 atom stereocenters. The zero-order chi connectivity index (χ0) is 18.8. The van der Waals surface area contributed by atoms with Crippen LogP contribution in [-0.4, -0.2) is 30.3 Å². The minimum absolute atomic E-state index is 0.0207. The van der Waals surface area contributed by atoms with Gasteiger partial charge >= 0.3 is 0 Å². The highest BCUT2D eigenvalue weighted by Gasteiger charge is 2.46. The predicted octanol–water partition coefficient (Wildman–Crippen LogP) is 3.64. The van der Waals surface area contributed by atoms with E-state index in [1.165, 1.54) is 11.0 Å². The molecular formula is C21H23FN2O2. The van der Waals surface area contributed by atoms with E-state index >= 15 is 0 Å².